The van der Waals surface area contributed by atoms with Gasteiger partial charge in [0.1, 0.15) is 0 Å². The number of fused-ring (bicyclic) bond motifs is 11. The Labute approximate surface area is 297 Å². The molecular formula is C48H28S2. The molecule has 11 aromatic rings. The summed E-state index contributed by atoms with van der Waals surface area (Å²) in [5, 5.41) is 13.2. The minimum absolute atomic E-state index is 1.24. The number of benzene rings is 9. The summed E-state index contributed by atoms with van der Waals surface area (Å²) in [7, 11) is 0. The molecule has 0 saturated heterocycles. The summed E-state index contributed by atoms with van der Waals surface area (Å²) in [5.74, 6) is 0. The molecule has 9 aromatic carbocycles. The van der Waals surface area contributed by atoms with Crippen molar-refractivity contribution in [1.82, 2.24) is 0 Å². The molecule has 0 bridgehead atoms. The van der Waals surface area contributed by atoms with Crippen LogP contribution in [-0.2, 0) is 0 Å². The van der Waals surface area contributed by atoms with E-state index in [0.29, 0.717) is 0 Å². The van der Waals surface area contributed by atoms with E-state index >= 15 is 0 Å². The topological polar surface area (TPSA) is 0 Å². The van der Waals surface area contributed by atoms with Crippen molar-refractivity contribution in [2.24, 2.45) is 0 Å². The van der Waals surface area contributed by atoms with E-state index in [1.54, 1.807) is 0 Å². The van der Waals surface area contributed by atoms with Crippen LogP contribution in [0.2, 0.25) is 0 Å². The fraction of sp³-hybridized carbons (Fsp3) is 0. The van der Waals surface area contributed by atoms with E-state index in [1.807, 2.05) is 22.7 Å². The van der Waals surface area contributed by atoms with Gasteiger partial charge in [-0.2, -0.15) is 0 Å². The highest BCUT2D eigenvalue weighted by molar-refractivity contribution is 7.33. The zero-order chi connectivity index (χ0) is 32.8. The standard InChI is InChI=1S/C48H28S2/c1-2-13-31(14-3-1)43-34-16-6-8-18-36(34)44(37-19-9-7-17-35(37)43)32-24-22-30(23-25-32)39-28-40-45-33-15-5-4-12-29(33)26-27-42(45)50-47(40)48-46(39)38-20-10-11-21-41(38)49-48/h1-28H. The first-order valence-electron chi connectivity index (χ1n) is 17.1. The van der Waals surface area contributed by atoms with Crippen molar-refractivity contribution in [2.75, 3.05) is 0 Å². The molecule has 0 fully saturated rings. The normalized spacial score (nSPS) is 12.0. The van der Waals surface area contributed by atoms with Crippen molar-refractivity contribution in [3.05, 3.63) is 170 Å². The summed E-state index contributed by atoms with van der Waals surface area (Å²) in [6.07, 6.45) is 0. The van der Waals surface area contributed by atoms with Gasteiger partial charge >= 0.3 is 0 Å². The van der Waals surface area contributed by atoms with Crippen molar-refractivity contribution in [2.45, 2.75) is 0 Å². The molecule has 50 heavy (non-hydrogen) atoms. The molecule has 0 aliphatic rings. The highest BCUT2D eigenvalue weighted by atomic mass is 32.1. The van der Waals surface area contributed by atoms with Gasteiger partial charge in [0, 0.05) is 30.9 Å². The molecule has 2 heterocycles. The molecule has 0 atom stereocenters. The Morgan fingerprint density at radius 1 is 0.300 bits per heavy atom. The summed E-state index contributed by atoms with van der Waals surface area (Å²) < 4.78 is 5.47. The SMILES string of the molecule is c1ccc(-c2c3ccccc3c(-c3ccc(-c4cc5c(sc6ccc7ccccc7c65)c5sc6ccccc6c45)cc3)c3ccccc23)cc1. The second kappa shape index (κ2) is 10.9. The molecule has 0 aliphatic heterocycles. The van der Waals surface area contributed by atoms with E-state index in [9.17, 15) is 0 Å². The molecule has 2 heteroatoms. The summed E-state index contributed by atoms with van der Waals surface area (Å²) >= 11 is 3.87. The van der Waals surface area contributed by atoms with Crippen LogP contribution in [-0.4, -0.2) is 0 Å². The second-order valence-electron chi connectivity index (χ2n) is 13.1. The van der Waals surface area contributed by atoms with Crippen LogP contribution < -0.4 is 0 Å². The molecule has 0 saturated carbocycles. The average Bonchev–Trinajstić information content (AvgIpc) is 3.76. The van der Waals surface area contributed by atoms with E-state index in [0.717, 1.165) is 0 Å². The van der Waals surface area contributed by atoms with Crippen LogP contribution >= 0.6 is 22.7 Å². The first-order valence-corrected chi connectivity index (χ1v) is 18.7. The molecule has 0 nitrogen and oxygen atoms in total. The predicted octanol–water partition coefficient (Wildman–Crippen LogP) is 14.9. The van der Waals surface area contributed by atoms with Gasteiger partial charge in [-0.3, -0.25) is 0 Å². The number of rotatable bonds is 3. The monoisotopic (exact) mass is 668 g/mol. The van der Waals surface area contributed by atoms with E-state index < -0.39 is 0 Å². The zero-order valence-corrected chi connectivity index (χ0v) is 28.6. The molecule has 0 radical (unpaired) electrons. The fourth-order valence-corrected chi connectivity index (χ4v) is 10.9. The Bertz CT molecular complexity index is 3070. The van der Waals surface area contributed by atoms with Gasteiger partial charge in [-0.1, -0.05) is 152 Å². The molecule has 0 spiro atoms. The van der Waals surface area contributed by atoms with Crippen LogP contribution in [0.15, 0.2) is 170 Å². The van der Waals surface area contributed by atoms with Gasteiger partial charge < -0.3 is 0 Å². The quantitative estimate of drug-likeness (QED) is 0.164. The third-order valence-corrected chi connectivity index (χ3v) is 13.0. The van der Waals surface area contributed by atoms with E-state index in [4.69, 9.17) is 0 Å². The first-order chi connectivity index (χ1) is 24.8. The summed E-state index contributed by atoms with van der Waals surface area (Å²) in [6.45, 7) is 0. The van der Waals surface area contributed by atoms with Gasteiger partial charge in [-0.15, -0.1) is 22.7 Å². The van der Waals surface area contributed by atoms with Crippen molar-refractivity contribution in [1.29, 1.82) is 0 Å². The minimum atomic E-state index is 1.24. The van der Waals surface area contributed by atoms with Crippen LogP contribution in [0.25, 0.3) is 106 Å². The minimum Gasteiger partial charge on any atom is -0.134 e. The van der Waals surface area contributed by atoms with E-state index in [1.165, 1.54) is 106 Å². The lowest BCUT2D eigenvalue weighted by Gasteiger charge is -2.18. The molecule has 0 amide bonds. The molecule has 2 aromatic heterocycles. The molecule has 0 N–H and O–H groups in total. The van der Waals surface area contributed by atoms with Gasteiger partial charge in [0.25, 0.3) is 0 Å². The number of thiophene rings is 2. The smallest absolute Gasteiger partial charge is 0.0540 e. The lowest BCUT2D eigenvalue weighted by Crippen LogP contribution is -1.90. The van der Waals surface area contributed by atoms with Crippen LogP contribution in [0, 0.1) is 0 Å². The van der Waals surface area contributed by atoms with Crippen molar-refractivity contribution in [3.63, 3.8) is 0 Å². The van der Waals surface area contributed by atoms with Gasteiger partial charge in [0.05, 0.1) is 9.40 Å². The van der Waals surface area contributed by atoms with Gasteiger partial charge in [0.15, 0.2) is 0 Å². The van der Waals surface area contributed by atoms with Gasteiger partial charge in [0.2, 0.25) is 0 Å². The lowest BCUT2D eigenvalue weighted by atomic mass is 9.85. The van der Waals surface area contributed by atoms with Crippen molar-refractivity contribution >= 4 is 95.3 Å². The molecule has 11 rings (SSSR count). The second-order valence-corrected chi connectivity index (χ2v) is 15.3. The zero-order valence-electron chi connectivity index (χ0n) is 27.0. The van der Waals surface area contributed by atoms with Gasteiger partial charge in [-0.25, -0.2) is 0 Å². The third kappa shape index (κ3) is 4.04. The molecular weight excluding hydrogens is 641 g/mol. The highest BCUT2D eigenvalue weighted by Crippen LogP contribution is 2.50. The molecule has 0 aliphatic carbocycles. The summed E-state index contributed by atoms with van der Waals surface area (Å²) in [4.78, 5) is 0. The average molecular weight is 669 g/mol. The Balaban J connectivity index is 1.18. The fourth-order valence-electron chi connectivity index (χ4n) is 8.29. The Hall–Kier alpha value is -5.80. The van der Waals surface area contributed by atoms with Crippen LogP contribution in [0.5, 0.6) is 0 Å². The first kappa shape index (κ1) is 28.1. The van der Waals surface area contributed by atoms with E-state index in [-0.39, 0.29) is 0 Å². The maximum Gasteiger partial charge on any atom is 0.0540 e. The Morgan fingerprint density at radius 3 is 1.50 bits per heavy atom. The molecule has 232 valence electrons. The highest BCUT2D eigenvalue weighted by Gasteiger charge is 2.20. The molecule has 0 unspecified atom stereocenters. The Kier molecular flexibility index (Phi) is 6.09. The van der Waals surface area contributed by atoms with Crippen molar-refractivity contribution < 1.29 is 0 Å². The third-order valence-electron chi connectivity index (χ3n) is 10.5. The van der Waals surface area contributed by atoms with E-state index in [2.05, 4.69) is 170 Å². The lowest BCUT2D eigenvalue weighted by molar-refractivity contribution is 1.64. The number of hydrogen-bond acceptors (Lipinski definition) is 2. The van der Waals surface area contributed by atoms with Crippen LogP contribution in [0.1, 0.15) is 0 Å². The Morgan fingerprint density at radius 2 is 0.820 bits per heavy atom. The summed E-state index contributed by atoms with van der Waals surface area (Å²) in [6, 6.07) is 62.9. The van der Waals surface area contributed by atoms with Crippen molar-refractivity contribution in [3.8, 4) is 33.4 Å². The predicted molar refractivity (Wildman–Crippen MR) is 221 cm³/mol. The van der Waals surface area contributed by atoms with Crippen LogP contribution in [0.3, 0.4) is 0 Å². The largest absolute Gasteiger partial charge is 0.134 e. The van der Waals surface area contributed by atoms with Gasteiger partial charge in [-0.05, 0) is 83.9 Å². The maximum atomic E-state index is 2.48. The van der Waals surface area contributed by atoms with Crippen LogP contribution in [0.4, 0.5) is 0 Å². The summed E-state index contributed by atoms with van der Waals surface area (Å²) in [5.41, 5.74) is 7.63. The number of hydrogen-bond donors (Lipinski definition) is 0. The maximum absolute atomic E-state index is 2.48.